The number of nitrogens with one attached hydrogen (secondary N) is 2. The molecule has 3 nitrogen and oxygen atoms in total. The molecular weight excluding hydrogens is 346 g/mol. The van der Waals surface area contributed by atoms with E-state index in [1.165, 1.54) is 12.1 Å². The quantitative estimate of drug-likeness (QED) is 0.782. The van der Waals surface area contributed by atoms with E-state index in [4.69, 9.17) is 0 Å². The zero-order chi connectivity index (χ0) is 17.7. The van der Waals surface area contributed by atoms with Gasteiger partial charge in [0.05, 0.1) is 6.04 Å². The van der Waals surface area contributed by atoms with Gasteiger partial charge in [0.25, 0.3) is 0 Å². The molecule has 1 heterocycles. The minimum Gasteiger partial charge on any atom is -0.349 e. The average molecular weight is 375 g/mol. The molecule has 0 aromatic heterocycles. The number of amides is 1. The molecule has 1 fully saturated rings. The molecule has 1 aromatic carbocycles. The molecule has 0 saturated carbocycles. The van der Waals surface area contributed by atoms with Gasteiger partial charge in [-0.2, -0.15) is 0 Å². The number of halogens is 3. The summed E-state index contributed by atoms with van der Waals surface area (Å²) in [6.45, 7) is 7.94. The lowest BCUT2D eigenvalue weighted by molar-refractivity contribution is -0.123. The van der Waals surface area contributed by atoms with Gasteiger partial charge < -0.3 is 10.6 Å². The summed E-state index contributed by atoms with van der Waals surface area (Å²) < 4.78 is 27.2. The first-order chi connectivity index (χ1) is 11.4. The average Bonchev–Trinajstić information content (AvgIpc) is 2.54. The summed E-state index contributed by atoms with van der Waals surface area (Å²) in [6.07, 6.45) is 2.71. The van der Waals surface area contributed by atoms with Gasteiger partial charge >= 0.3 is 0 Å². The molecule has 1 aliphatic rings. The Morgan fingerprint density at radius 3 is 2.60 bits per heavy atom. The van der Waals surface area contributed by atoms with E-state index < -0.39 is 17.7 Å². The molecule has 6 heteroatoms. The molecule has 1 aliphatic heterocycles. The van der Waals surface area contributed by atoms with Crippen LogP contribution in [0, 0.1) is 29.4 Å². The van der Waals surface area contributed by atoms with Crippen molar-refractivity contribution in [1.82, 2.24) is 10.6 Å². The fraction of sp³-hybridized carbons (Fsp3) is 0.632. The highest BCUT2D eigenvalue weighted by Gasteiger charge is 2.25. The zero-order valence-corrected chi connectivity index (χ0v) is 16.0. The van der Waals surface area contributed by atoms with Crippen molar-refractivity contribution in [3.8, 4) is 0 Å². The SMILES string of the molecule is CC(C)C(NC(=O)CC(C)C1CCCNC1)c1ccc(F)cc1F.Cl. The van der Waals surface area contributed by atoms with Crippen LogP contribution in [-0.4, -0.2) is 19.0 Å². The van der Waals surface area contributed by atoms with Crippen molar-refractivity contribution in [2.75, 3.05) is 13.1 Å². The Balaban J connectivity index is 0.00000312. The minimum atomic E-state index is -0.612. The monoisotopic (exact) mass is 374 g/mol. The van der Waals surface area contributed by atoms with E-state index in [-0.39, 0.29) is 30.2 Å². The number of carbonyl (C=O) groups excluding carboxylic acids is 1. The third-order valence-corrected chi connectivity index (χ3v) is 4.93. The third kappa shape index (κ3) is 6.23. The molecule has 0 aliphatic carbocycles. The molecule has 0 radical (unpaired) electrons. The lowest BCUT2D eigenvalue weighted by Crippen LogP contribution is -2.37. The van der Waals surface area contributed by atoms with Gasteiger partial charge in [-0.05, 0) is 49.8 Å². The van der Waals surface area contributed by atoms with Gasteiger partial charge in [0.1, 0.15) is 11.6 Å². The van der Waals surface area contributed by atoms with Gasteiger partial charge in [-0.25, -0.2) is 8.78 Å². The van der Waals surface area contributed by atoms with Crippen LogP contribution in [-0.2, 0) is 4.79 Å². The van der Waals surface area contributed by atoms with E-state index in [0.29, 0.717) is 17.9 Å². The summed E-state index contributed by atoms with van der Waals surface area (Å²) in [7, 11) is 0. The van der Waals surface area contributed by atoms with Crippen LogP contribution in [0.25, 0.3) is 0 Å². The number of rotatable bonds is 6. The summed E-state index contributed by atoms with van der Waals surface area (Å²) in [5, 5.41) is 6.31. The lowest BCUT2D eigenvalue weighted by atomic mass is 9.85. The Morgan fingerprint density at radius 1 is 1.32 bits per heavy atom. The van der Waals surface area contributed by atoms with E-state index in [0.717, 1.165) is 32.0 Å². The third-order valence-electron chi connectivity index (χ3n) is 4.93. The molecule has 1 saturated heterocycles. The largest absolute Gasteiger partial charge is 0.349 e. The van der Waals surface area contributed by atoms with Crippen molar-refractivity contribution in [1.29, 1.82) is 0 Å². The first-order valence-corrected chi connectivity index (χ1v) is 8.83. The summed E-state index contributed by atoms with van der Waals surface area (Å²) in [4.78, 5) is 12.4. The molecule has 3 unspecified atom stereocenters. The van der Waals surface area contributed by atoms with Gasteiger partial charge in [-0.3, -0.25) is 4.79 Å². The van der Waals surface area contributed by atoms with E-state index in [9.17, 15) is 13.6 Å². The van der Waals surface area contributed by atoms with Crippen LogP contribution in [0.1, 0.15) is 51.6 Å². The molecule has 142 valence electrons. The van der Waals surface area contributed by atoms with E-state index >= 15 is 0 Å². The van der Waals surface area contributed by atoms with Crippen LogP contribution < -0.4 is 10.6 Å². The minimum absolute atomic E-state index is 0. The first-order valence-electron chi connectivity index (χ1n) is 8.83. The number of carbonyl (C=O) groups is 1. The molecule has 2 N–H and O–H groups in total. The predicted molar refractivity (Wildman–Crippen MR) is 98.7 cm³/mol. The van der Waals surface area contributed by atoms with Crippen LogP contribution in [0.15, 0.2) is 18.2 Å². The fourth-order valence-electron chi connectivity index (χ4n) is 3.41. The molecule has 0 bridgehead atoms. The smallest absolute Gasteiger partial charge is 0.220 e. The highest BCUT2D eigenvalue weighted by molar-refractivity contribution is 5.85. The van der Waals surface area contributed by atoms with Gasteiger partial charge in [-0.15, -0.1) is 12.4 Å². The molecule has 25 heavy (non-hydrogen) atoms. The number of benzene rings is 1. The second-order valence-corrected chi connectivity index (χ2v) is 7.24. The highest BCUT2D eigenvalue weighted by Crippen LogP contribution is 2.27. The van der Waals surface area contributed by atoms with Crippen LogP contribution in [0.2, 0.25) is 0 Å². The Kier molecular flexibility index (Phi) is 8.80. The summed E-state index contributed by atoms with van der Waals surface area (Å²) in [6, 6.07) is 3.07. The Bertz CT molecular complexity index is 562. The van der Waals surface area contributed by atoms with Crippen molar-refractivity contribution in [2.24, 2.45) is 17.8 Å². The lowest BCUT2D eigenvalue weighted by Gasteiger charge is -2.29. The highest BCUT2D eigenvalue weighted by atomic mass is 35.5. The Labute approximate surface area is 155 Å². The maximum absolute atomic E-state index is 14.1. The van der Waals surface area contributed by atoms with E-state index in [1.54, 1.807) is 0 Å². The van der Waals surface area contributed by atoms with Gasteiger partial charge in [-0.1, -0.05) is 26.8 Å². The predicted octanol–water partition coefficient (Wildman–Crippen LogP) is 4.23. The molecular formula is C19H29ClF2N2O. The molecule has 0 spiro atoms. The summed E-state index contributed by atoms with van der Waals surface area (Å²) >= 11 is 0. The van der Waals surface area contributed by atoms with Gasteiger partial charge in [0, 0.05) is 18.1 Å². The van der Waals surface area contributed by atoms with Gasteiger partial charge in [0.15, 0.2) is 0 Å². The van der Waals surface area contributed by atoms with Crippen molar-refractivity contribution in [2.45, 2.75) is 46.1 Å². The first kappa shape index (κ1) is 21.8. The fourth-order valence-corrected chi connectivity index (χ4v) is 3.41. The van der Waals surface area contributed by atoms with Crippen molar-refractivity contribution < 1.29 is 13.6 Å². The molecule has 2 rings (SSSR count). The number of hydrogen-bond acceptors (Lipinski definition) is 2. The Hall–Kier alpha value is -1.20. The number of piperidine rings is 1. The van der Waals surface area contributed by atoms with Crippen LogP contribution in [0.3, 0.4) is 0 Å². The van der Waals surface area contributed by atoms with E-state index in [2.05, 4.69) is 17.6 Å². The van der Waals surface area contributed by atoms with Crippen molar-refractivity contribution in [3.05, 3.63) is 35.4 Å². The van der Waals surface area contributed by atoms with E-state index in [1.807, 2.05) is 13.8 Å². The second-order valence-electron chi connectivity index (χ2n) is 7.24. The topological polar surface area (TPSA) is 41.1 Å². The molecule has 1 aromatic rings. The maximum atomic E-state index is 14.1. The van der Waals surface area contributed by atoms with Crippen LogP contribution in [0.5, 0.6) is 0 Å². The second kappa shape index (κ2) is 10.1. The number of hydrogen-bond donors (Lipinski definition) is 2. The van der Waals surface area contributed by atoms with Crippen molar-refractivity contribution >= 4 is 18.3 Å². The normalized spacial score (nSPS) is 19.8. The summed E-state index contributed by atoms with van der Waals surface area (Å²) in [5.74, 6) is -0.494. The maximum Gasteiger partial charge on any atom is 0.220 e. The van der Waals surface area contributed by atoms with Crippen LogP contribution >= 0.6 is 12.4 Å². The molecule has 1 amide bonds. The Morgan fingerprint density at radius 2 is 2.04 bits per heavy atom. The standard InChI is InChI=1S/C19H28F2N2O.ClH/c1-12(2)19(16-7-6-15(20)10-17(16)21)23-18(24)9-13(3)14-5-4-8-22-11-14;/h6-7,10,12-14,19,22H,4-5,8-9,11H2,1-3H3,(H,23,24);1H. The van der Waals surface area contributed by atoms with Crippen molar-refractivity contribution in [3.63, 3.8) is 0 Å². The van der Waals surface area contributed by atoms with Crippen LogP contribution in [0.4, 0.5) is 8.78 Å². The van der Waals surface area contributed by atoms with Gasteiger partial charge in [0.2, 0.25) is 5.91 Å². The summed E-state index contributed by atoms with van der Waals surface area (Å²) in [5.41, 5.74) is 0.340. The zero-order valence-electron chi connectivity index (χ0n) is 15.1. The molecule has 3 atom stereocenters.